The van der Waals surface area contributed by atoms with Crippen LogP contribution in [0, 0.1) is 10.1 Å². The van der Waals surface area contributed by atoms with Gasteiger partial charge >= 0.3 is 0 Å². The van der Waals surface area contributed by atoms with E-state index in [1.54, 1.807) is 6.07 Å². The Morgan fingerprint density at radius 2 is 2.31 bits per heavy atom. The van der Waals surface area contributed by atoms with E-state index >= 15 is 0 Å². The van der Waals surface area contributed by atoms with Gasteiger partial charge in [-0.1, -0.05) is 0 Å². The van der Waals surface area contributed by atoms with Crippen LogP contribution in [-0.2, 0) is 6.42 Å². The topological polar surface area (TPSA) is 55.2 Å². The molecule has 13 heavy (non-hydrogen) atoms. The third-order valence-electron chi connectivity index (χ3n) is 2.11. The molecule has 1 aliphatic heterocycles. The van der Waals surface area contributed by atoms with Crippen molar-refractivity contribution >= 4 is 27.3 Å². The molecule has 0 radical (unpaired) electrons. The first-order chi connectivity index (χ1) is 6.20. The van der Waals surface area contributed by atoms with Gasteiger partial charge in [0.25, 0.3) is 5.69 Å². The van der Waals surface area contributed by atoms with Crippen molar-refractivity contribution in [3.8, 4) is 0 Å². The predicted octanol–water partition coefficient (Wildman–Crippen LogP) is 2.33. The number of rotatable bonds is 1. The van der Waals surface area contributed by atoms with Crippen LogP contribution in [0.3, 0.4) is 0 Å². The molecule has 0 aliphatic carbocycles. The van der Waals surface area contributed by atoms with E-state index in [1.165, 1.54) is 6.07 Å². The van der Waals surface area contributed by atoms with Crippen LogP contribution in [0.25, 0.3) is 0 Å². The van der Waals surface area contributed by atoms with E-state index in [2.05, 4.69) is 21.2 Å². The minimum absolute atomic E-state index is 0.141. The zero-order valence-electron chi connectivity index (χ0n) is 6.71. The van der Waals surface area contributed by atoms with Crippen LogP contribution >= 0.6 is 15.9 Å². The third-order valence-corrected chi connectivity index (χ3v) is 2.99. The molecule has 5 heteroatoms. The average Bonchev–Trinajstić information content (AvgIpc) is 2.52. The minimum Gasteiger partial charge on any atom is -0.384 e. The summed E-state index contributed by atoms with van der Waals surface area (Å²) in [5.74, 6) is 0. The summed E-state index contributed by atoms with van der Waals surface area (Å²) in [5, 5.41) is 13.7. The normalized spacial score (nSPS) is 13.6. The maximum atomic E-state index is 10.6. The Labute approximate surface area is 83.2 Å². The lowest BCUT2D eigenvalue weighted by Crippen LogP contribution is -1.92. The molecule has 0 saturated heterocycles. The summed E-state index contributed by atoms with van der Waals surface area (Å²) in [6.07, 6.45) is 0.845. The van der Waals surface area contributed by atoms with Crippen LogP contribution in [-0.4, -0.2) is 11.5 Å². The Balaban J connectivity index is 2.59. The number of nitro benzene ring substituents is 1. The van der Waals surface area contributed by atoms with Crippen molar-refractivity contribution in [2.24, 2.45) is 0 Å². The highest BCUT2D eigenvalue weighted by Crippen LogP contribution is 2.36. The maximum Gasteiger partial charge on any atom is 0.283 e. The molecule has 1 aliphatic rings. The van der Waals surface area contributed by atoms with Crippen molar-refractivity contribution in [3.63, 3.8) is 0 Å². The van der Waals surface area contributed by atoms with Gasteiger partial charge in [-0.15, -0.1) is 0 Å². The molecule has 4 nitrogen and oxygen atoms in total. The van der Waals surface area contributed by atoms with Crippen molar-refractivity contribution in [1.82, 2.24) is 0 Å². The first kappa shape index (κ1) is 8.50. The van der Waals surface area contributed by atoms with Crippen molar-refractivity contribution in [3.05, 3.63) is 32.3 Å². The zero-order valence-corrected chi connectivity index (χ0v) is 8.30. The zero-order chi connectivity index (χ0) is 9.42. The molecule has 1 heterocycles. The monoisotopic (exact) mass is 242 g/mol. The van der Waals surface area contributed by atoms with Gasteiger partial charge in [0.1, 0.15) is 4.47 Å². The molecule has 1 N–H and O–H groups in total. The number of nitrogens with zero attached hydrogens (tertiary/aromatic N) is 1. The van der Waals surface area contributed by atoms with Gasteiger partial charge in [0.05, 0.1) is 4.92 Å². The third kappa shape index (κ3) is 1.29. The van der Waals surface area contributed by atoms with Gasteiger partial charge in [-0.3, -0.25) is 10.1 Å². The Bertz CT molecular complexity index is 379. The average molecular weight is 243 g/mol. The Morgan fingerprint density at radius 1 is 1.54 bits per heavy atom. The van der Waals surface area contributed by atoms with Gasteiger partial charge in [0, 0.05) is 18.3 Å². The van der Waals surface area contributed by atoms with Gasteiger partial charge in [-0.2, -0.15) is 0 Å². The molecule has 1 aromatic carbocycles. The quantitative estimate of drug-likeness (QED) is 0.608. The Morgan fingerprint density at radius 3 is 3.00 bits per heavy atom. The molecule has 0 atom stereocenters. The van der Waals surface area contributed by atoms with Gasteiger partial charge in [0.15, 0.2) is 0 Å². The van der Waals surface area contributed by atoms with E-state index in [9.17, 15) is 10.1 Å². The van der Waals surface area contributed by atoms with Crippen molar-refractivity contribution < 1.29 is 4.92 Å². The summed E-state index contributed by atoms with van der Waals surface area (Å²) in [6, 6.07) is 3.27. The van der Waals surface area contributed by atoms with Gasteiger partial charge in [-0.05, 0) is 34.0 Å². The second kappa shape index (κ2) is 2.99. The standard InChI is InChI=1S/C8H7BrN2O2/c9-8-5-3-4-10-6(5)1-2-7(8)11(12)13/h1-2,10H,3-4H2. The van der Waals surface area contributed by atoms with E-state index in [0.29, 0.717) is 4.47 Å². The van der Waals surface area contributed by atoms with E-state index in [0.717, 1.165) is 24.2 Å². The maximum absolute atomic E-state index is 10.6. The fourth-order valence-corrected chi connectivity index (χ4v) is 2.17. The number of nitro groups is 1. The summed E-state index contributed by atoms with van der Waals surface area (Å²) >= 11 is 3.25. The van der Waals surface area contributed by atoms with E-state index in [4.69, 9.17) is 0 Å². The number of halogens is 1. The SMILES string of the molecule is O=[N+]([O-])c1ccc2c(c1Br)CCN2. The van der Waals surface area contributed by atoms with Crippen LogP contribution < -0.4 is 5.32 Å². The number of fused-ring (bicyclic) bond motifs is 1. The smallest absolute Gasteiger partial charge is 0.283 e. The molecule has 0 saturated carbocycles. The van der Waals surface area contributed by atoms with Crippen LogP contribution in [0.4, 0.5) is 11.4 Å². The molecule has 0 aromatic heterocycles. The largest absolute Gasteiger partial charge is 0.384 e. The highest BCUT2D eigenvalue weighted by atomic mass is 79.9. The summed E-state index contributed by atoms with van der Waals surface area (Å²) in [6.45, 7) is 0.856. The van der Waals surface area contributed by atoms with Gasteiger partial charge in [-0.25, -0.2) is 0 Å². The first-order valence-electron chi connectivity index (χ1n) is 3.90. The van der Waals surface area contributed by atoms with E-state index in [1.807, 2.05) is 0 Å². The van der Waals surface area contributed by atoms with Crippen LogP contribution in [0.15, 0.2) is 16.6 Å². The molecular formula is C8H7BrN2O2. The van der Waals surface area contributed by atoms with Crippen molar-refractivity contribution in [2.75, 3.05) is 11.9 Å². The van der Waals surface area contributed by atoms with Gasteiger partial charge < -0.3 is 5.32 Å². The molecule has 0 unspecified atom stereocenters. The molecule has 68 valence electrons. The number of benzene rings is 1. The van der Waals surface area contributed by atoms with Crippen LogP contribution in [0.1, 0.15) is 5.56 Å². The summed E-state index contributed by atoms with van der Waals surface area (Å²) in [7, 11) is 0. The molecule has 0 amide bonds. The number of nitrogens with one attached hydrogen (secondary N) is 1. The predicted molar refractivity (Wildman–Crippen MR) is 53.0 cm³/mol. The molecule has 1 aromatic rings. The van der Waals surface area contributed by atoms with Crippen LogP contribution in [0.5, 0.6) is 0 Å². The molecular weight excluding hydrogens is 236 g/mol. The highest BCUT2D eigenvalue weighted by molar-refractivity contribution is 9.10. The Kier molecular flexibility index (Phi) is 1.95. The first-order valence-corrected chi connectivity index (χ1v) is 4.69. The summed E-state index contributed by atoms with van der Waals surface area (Å²) in [4.78, 5) is 10.2. The fraction of sp³-hybridized carbons (Fsp3) is 0.250. The number of anilines is 1. The minimum atomic E-state index is -0.372. The molecule has 0 bridgehead atoms. The fourth-order valence-electron chi connectivity index (χ4n) is 1.48. The lowest BCUT2D eigenvalue weighted by atomic mass is 10.1. The van der Waals surface area contributed by atoms with E-state index < -0.39 is 0 Å². The second-order valence-corrected chi connectivity index (χ2v) is 3.65. The lowest BCUT2D eigenvalue weighted by molar-refractivity contribution is -0.385. The highest BCUT2D eigenvalue weighted by Gasteiger charge is 2.21. The van der Waals surface area contributed by atoms with Crippen molar-refractivity contribution in [1.29, 1.82) is 0 Å². The number of hydrogen-bond acceptors (Lipinski definition) is 3. The van der Waals surface area contributed by atoms with Crippen molar-refractivity contribution in [2.45, 2.75) is 6.42 Å². The summed E-state index contributed by atoms with van der Waals surface area (Å²) in [5.41, 5.74) is 2.15. The molecule has 0 spiro atoms. The van der Waals surface area contributed by atoms with Gasteiger partial charge in [0.2, 0.25) is 0 Å². The summed E-state index contributed by atoms with van der Waals surface area (Å²) < 4.78 is 0.611. The second-order valence-electron chi connectivity index (χ2n) is 2.86. The molecule has 2 rings (SSSR count). The number of hydrogen-bond donors (Lipinski definition) is 1. The lowest BCUT2D eigenvalue weighted by Gasteiger charge is -2.01. The van der Waals surface area contributed by atoms with E-state index in [-0.39, 0.29) is 10.6 Å². The Hall–Kier alpha value is -1.10. The van der Waals surface area contributed by atoms with Crippen LogP contribution in [0.2, 0.25) is 0 Å². The molecule has 0 fully saturated rings.